The topological polar surface area (TPSA) is 47.1 Å². The molecule has 0 aromatic heterocycles. The van der Waals surface area contributed by atoms with Crippen molar-refractivity contribution in [3.63, 3.8) is 0 Å². The van der Waals surface area contributed by atoms with Crippen LogP contribution in [0.2, 0.25) is 0 Å². The van der Waals surface area contributed by atoms with Crippen LogP contribution in [0.25, 0.3) is 6.08 Å². The molecule has 1 fully saturated rings. The van der Waals surface area contributed by atoms with E-state index in [1.54, 1.807) is 11.6 Å². The Hall–Kier alpha value is -4.17. The van der Waals surface area contributed by atoms with Gasteiger partial charge in [0.25, 0.3) is 11.1 Å². The molecule has 0 atom stereocenters. The molecule has 0 N–H and O–H groups in total. The van der Waals surface area contributed by atoms with Crippen molar-refractivity contribution in [2.24, 2.45) is 0 Å². The summed E-state index contributed by atoms with van der Waals surface area (Å²) in [4.78, 5) is 32.9. The molecule has 0 bridgehead atoms. The first-order valence-electron chi connectivity index (χ1n) is 20.2. The van der Waals surface area contributed by atoms with E-state index in [9.17, 15) is 9.59 Å². The summed E-state index contributed by atoms with van der Waals surface area (Å²) in [5.74, 6) is -0.196. The van der Waals surface area contributed by atoms with Gasteiger partial charge in [0.1, 0.15) is 0 Å². The lowest BCUT2D eigenvalue weighted by Gasteiger charge is -2.34. The molecule has 7 heteroatoms. The van der Waals surface area contributed by atoms with E-state index in [0.717, 1.165) is 37.0 Å². The number of carbonyl (C=O) groups excluding carboxylic acids is 2. The summed E-state index contributed by atoms with van der Waals surface area (Å²) in [6, 6.07) is 37.7. The van der Waals surface area contributed by atoms with Crippen LogP contribution < -0.4 is 4.90 Å². The van der Waals surface area contributed by atoms with Gasteiger partial charge in [0, 0.05) is 62.6 Å². The molecule has 292 valence electrons. The Morgan fingerprint density at radius 3 is 1.58 bits per heavy atom. The number of amides is 2. The number of hydrogen-bond acceptors (Lipinski definition) is 6. The molecule has 4 aliphatic heterocycles. The van der Waals surface area contributed by atoms with E-state index < -0.39 is 0 Å². The fourth-order valence-corrected chi connectivity index (χ4v) is 8.37. The van der Waals surface area contributed by atoms with Crippen molar-refractivity contribution in [1.29, 1.82) is 0 Å². The molecule has 0 spiro atoms. The summed E-state index contributed by atoms with van der Waals surface area (Å²) < 4.78 is 0. The fourth-order valence-electron chi connectivity index (χ4n) is 7.41. The van der Waals surface area contributed by atoms with E-state index in [0.29, 0.717) is 23.0 Å². The minimum atomic E-state index is -0.196. The highest BCUT2D eigenvalue weighted by atomic mass is 32.2. The Morgan fingerprint density at radius 1 is 0.527 bits per heavy atom. The highest BCUT2D eigenvalue weighted by Crippen LogP contribution is 2.33. The maximum absolute atomic E-state index is 12.0. The number of carbonyl (C=O) groups is 2. The van der Waals surface area contributed by atoms with Crippen LogP contribution in [0.15, 0.2) is 108 Å². The lowest BCUT2D eigenvalue weighted by atomic mass is 9.99. The second-order valence-electron chi connectivity index (χ2n) is 15.9. The van der Waals surface area contributed by atoms with Crippen LogP contribution in [0.1, 0.15) is 95.2 Å². The van der Waals surface area contributed by atoms with Gasteiger partial charge in [0.2, 0.25) is 0 Å². The number of anilines is 1. The zero-order valence-corrected chi connectivity index (χ0v) is 35.2. The molecular weight excluding hydrogens is 697 g/mol. The fraction of sp³-hybridized carbons (Fsp3) is 0.417. The Labute approximate surface area is 335 Å². The van der Waals surface area contributed by atoms with E-state index in [1.807, 2.05) is 44.2 Å². The summed E-state index contributed by atoms with van der Waals surface area (Å²) in [6.07, 6.45) is 5.52. The normalized spacial score (nSPS) is 17.3. The van der Waals surface area contributed by atoms with Gasteiger partial charge in [-0.15, -0.1) is 0 Å². The largest absolute Gasteiger partial charge is 0.369 e. The SMILES string of the molecule is CC(C)N1C(=O)S/C(=C/c2ccccc2)C1=O.CC(C)N1CCCc2ccccc21.CC(C)N1CCc2ccccc2C1.CC(C)N1Cc2ccccc2C1. The van der Waals surface area contributed by atoms with Gasteiger partial charge in [0.15, 0.2) is 0 Å². The number of thioether (sulfide) groups is 1. The molecule has 1 saturated heterocycles. The molecule has 4 aliphatic rings. The number of para-hydroxylation sites is 1. The van der Waals surface area contributed by atoms with Gasteiger partial charge >= 0.3 is 0 Å². The second-order valence-corrected chi connectivity index (χ2v) is 16.9. The van der Waals surface area contributed by atoms with Crippen LogP contribution in [-0.2, 0) is 37.3 Å². The summed E-state index contributed by atoms with van der Waals surface area (Å²) in [5, 5.41) is -0.188. The van der Waals surface area contributed by atoms with Crippen LogP contribution in [0.5, 0.6) is 0 Å². The first kappa shape index (κ1) is 42.0. The van der Waals surface area contributed by atoms with Crippen molar-refractivity contribution in [3.05, 3.63) is 141 Å². The van der Waals surface area contributed by atoms with Crippen molar-refractivity contribution >= 4 is 34.7 Å². The third-order valence-electron chi connectivity index (χ3n) is 10.7. The van der Waals surface area contributed by atoms with Crippen LogP contribution in [0.3, 0.4) is 0 Å². The molecule has 0 aliphatic carbocycles. The molecule has 0 radical (unpaired) electrons. The number of hydrogen-bond donors (Lipinski definition) is 0. The summed E-state index contributed by atoms with van der Waals surface area (Å²) in [7, 11) is 0. The van der Waals surface area contributed by atoms with Crippen molar-refractivity contribution in [1.82, 2.24) is 14.7 Å². The van der Waals surface area contributed by atoms with Gasteiger partial charge in [-0.25, -0.2) is 0 Å². The number of imide groups is 1. The Balaban J connectivity index is 0.000000142. The van der Waals surface area contributed by atoms with Gasteiger partial charge in [-0.2, -0.15) is 0 Å². The average Bonchev–Trinajstić information content (AvgIpc) is 3.75. The molecule has 8 rings (SSSR count). The third kappa shape index (κ3) is 11.4. The molecule has 4 aromatic rings. The third-order valence-corrected chi connectivity index (χ3v) is 11.6. The summed E-state index contributed by atoms with van der Waals surface area (Å²) in [6.45, 7) is 23.1. The molecule has 55 heavy (non-hydrogen) atoms. The zero-order chi connectivity index (χ0) is 39.5. The molecule has 0 unspecified atom stereocenters. The quantitative estimate of drug-likeness (QED) is 0.189. The smallest absolute Gasteiger partial charge is 0.293 e. The minimum Gasteiger partial charge on any atom is -0.369 e. The van der Waals surface area contributed by atoms with E-state index in [2.05, 4.69) is 129 Å². The highest BCUT2D eigenvalue weighted by molar-refractivity contribution is 8.18. The standard InChI is InChI=1S/C13H13NO2S.2C12H17N.C11H15N/c1-9(2)14-12(15)11(17-13(14)16)8-10-6-4-3-5-7-10;1-10(2)13-9-5-7-11-6-3-4-8-12(11)13;1-10(2)13-8-7-11-5-3-4-6-12(11)9-13;1-9(2)12-7-10-5-3-4-6-11(10)8-12/h3-9H,1-2H3;3-4,6,8,10H,5,7,9H2,1-2H3;3-6,10H,7-9H2,1-2H3;3-6,9H,7-8H2,1-2H3/b11-8+;;;. The van der Waals surface area contributed by atoms with E-state index in [4.69, 9.17) is 0 Å². The first-order chi connectivity index (χ1) is 26.4. The number of nitrogens with zero attached hydrogens (tertiary/aromatic N) is 4. The van der Waals surface area contributed by atoms with Gasteiger partial charge in [-0.3, -0.25) is 24.3 Å². The van der Waals surface area contributed by atoms with Crippen molar-refractivity contribution in [2.75, 3.05) is 18.0 Å². The summed E-state index contributed by atoms with van der Waals surface area (Å²) in [5.41, 5.74) is 9.97. The van der Waals surface area contributed by atoms with Gasteiger partial charge in [-0.1, -0.05) is 97.1 Å². The minimum absolute atomic E-state index is 0.0934. The molecule has 4 aromatic carbocycles. The Morgan fingerprint density at radius 2 is 1.04 bits per heavy atom. The molecule has 2 amide bonds. The van der Waals surface area contributed by atoms with Gasteiger partial charge < -0.3 is 4.90 Å². The van der Waals surface area contributed by atoms with Crippen LogP contribution in [-0.4, -0.2) is 63.1 Å². The number of benzene rings is 4. The van der Waals surface area contributed by atoms with Gasteiger partial charge in [0.05, 0.1) is 4.91 Å². The molecule has 4 heterocycles. The Kier molecular flexibility index (Phi) is 15.4. The predicted octanol–water partition coefficient (Wildman–Crippen LogP) is 10.8. The average molecular weight is 759 g/mol. The number of fused-ring (bicyclic) bond motifs is 3. The number of aryl methyl sites for hydroxylation is 1. The van der Waals surface area contributed by atoms with Crippen LogP contribution in [0, 0.1) is 0 Å². The lowest BCUT2D eigenvalue weighted by Crippen LogP contribution is -2.35. The van der Waals surface area contributed by atoms with E-state index >= 15 is 0 Å². The van der Waals surface area contributed by atoms with E-state index in [1.165, 1.54) is 65.2 Å². The maximum atomic E-state index is 12.0. The maximum Gasteiger partial charge on any atom is 0.293 e. The number of rotatable bonds is 5. The van der Waals surface area contributed by atoms with Crippen molar-refractivity contribution < 1.29 is 9.59 Å². The Bertz CT molecular complexity index is 1860. The monoisotopic (exact) mass is 758 g/mol. The van der Waals surface area contributed by atoms with Crippen molar-refractivity contribution in [3.8, 4) is 0 Å². The predicted molar refractivity (Wildman–Crippen MR) is 233 cm³/mol. The van der Waals surface area contributed by atoms with Gasteiger partial charge in [-0.05, 0) is 132 Å². The highest BCUT2D eigenvalue weighted by Gasteiger charge is 2.36. The van der Waals surface area contributed by atoms with Crippen LogP contribution in [0.4, 0.5) is 10.5 Å². The van der Waals surface area contributed by atoms with Crippen molar-refractivity contribution in [2.45, 2.75) is 118 Å². The van der Waals surface area contributed by atoms with Crippen LogP contribution >= 0.6 is 11.8 Å². The lowest BCUT2D eigenvalue weighted by molar-refractivity contribution is -0.123. The second kappa shape index (κ2) is 20.1. The molecule has 0 saturated carbocycles. The van der Waals surface area contributed by atoms with E-state index in [-0.39, 0.29) is 17.2 Å². The zero-order valence-electron chi connectivity index (χ0n) is 34.4. The summed E-state index contributed by atoms with van der Waals surface area (Å²) >= 11 is 1.00. The first-order valence-corrected chi connectivity index (χ1v) is 21.0. The molecular formula is C48H62N4O2S. The molecule has 6 nitrogen and oxygen atoms in total.